The standard InChI is InChI=1S/C11H18O3/c1-7-6-8(12)10-9(7)13-11(14-10)4-2-3-5-11/h7-10,12H,2-6H2,1H3/t7?,8-,9-,10+/m0/s1. The van der Waals surface area contributed by atoms with Gasteiger partial charge in [0.15, 0.2) is 5.79 Å². The van der Waals surface area contributed by atoms with Crippen LogP contribution in [0, 0.1) is 5.92 Å². The molecule has 0 aromatic carbocycles. The smallest absolute Gasteiger partial charge is 0.169 e. The summed E-state index contributed by atoms with van der Waals surface area (Å²) < 4.78 is 12.0. The average Bonchev–Trinajstić information content (AvgIpc) is 2.79. The van der Waals surface area contributed by atoms with Crippen LogP contribution in [0.1, 0.15) is 39.0 Å². The lowest BCUT2D eigenvalue weighted by molar-refractivity contribution is -0.186. The van der Waals surface area contributed by atoms with Crippen molar-refractivity contribution < 1.29 is 14.6 Å². The Morgan fingerprint density at radius 2 is 1.79 bits per heavy atom. The Morgan fingerprint density at radius 1 is 1.14 bits per heavy atom. The van der Waals surface area contributed by atoms with Gasteiger partial charge in [0.25, 0.3) is 0 Å². The van der Waals surface area contributed by atoms with Crippen molar-refractivity contribution in [3.63, 3.8) is 0 Å². The number of hydrogen-bond acceptors (Lipinski definition) is 3. The van der Waals surface area contributed by atoms with Gasteiger partial charge in [-0.2, -0.15) is 0 Å². The first-order valence-corrected chi connectivity index (χ1v) is 5.74. The Kier molecular flexibility index (Phi) is 1.92. The van der Waals surface area contributed by atoms with Crippen molar-refractivity contribution in [1.29, 1.82) is 0 Å². The van der Waals surface area contributed by atoms with E-state index in [4.69, 9.17) is 9.47 Å². The third-order valence-electron chi connectivity index (χ3n) is 3.94. The molecule has 3 nitrogen and oxygen atoms in total. The topological polar surface area (TPSA) is 38.7 Å². The van der Waals surface area contributed by atoms with Crippen LogP contribution < -0.4 is 0 Å². The molecule has 3 heteroatoms. The third kappa shape index (κ3) is 1.16. The van der Waals surface area contributed by atoms with Crippen LogP contribution in [-0.4, -0.2) is 29.2 Å². The van der Waals surface area contributed by atoms with E-state index in [2.05, 4.69) is 6.92 Å². The van der Waals surface area contributed by atoms with Gasteiger partial charge in [0.2, 0.25) is 0 Å². The highest BCUT2D eigenvalue weighted by molar-refractivity contribution is 4.99. The average molecular weight is 198 g/mol. The van der Waals surface area contributed by atoms with E-state index < -0.39 is 0 Å². The number of aliphatic hydroxyl groups excluding tert-OH is 1. The molecule has 1 saturated heterocycles. The number of rotatable bonds is 0. The summed E-state index contributed by atoms with van der Waals surface area (Å²) in [6.07, 6.45) is 5.03. The first kappa shape index (κ1) is 9.13. The Hall–Kier alpha value is -0.120. The molecule has 1 heterocycles. The van der Waals surface area contributed by atoms with E-state index in [1.165, 1.54) is 12.8 Å². The molecule has 1 aliphatic heterocycles. The molecule has 1 unspecified atom stereocenters. The fourth-order valence-electron chi connectivity index (χ4n) is 3.19. The Bertz CT molecular complexity index is 217. The van der Waals surface area contributed by atoms with Crippen molar-refractivity contribution in [2.75, 3.05) is 0 Å². The predicted octanol–water partition coefficient (Wildman–Crippen LogP) is 1.44. The molecule has 0 bridgehead atoms. The fourth-order valence-corrected chi connectivity index (χ4v) is 3.19. The predicted molar refractivity (Wildman–Crippen MR) is 50.7 cm³/mol. The molecule has 2 saturated carbocycles. The summed E-state index contributed by atoms with van der Waals surface area (Å²) in [7, 11) is 0. The van der Waals surface area contributed by atoms with Crippen LogP contribution in [0.3, 0.4) is 0 Å². The molecule has 3 rings (SSSR count). The number of hydrogen-bond donors (Lipinski definition) is 1. The Morgan fingerprint density at radius 3 is 2.43 bits per heavy atom. The molecule has 1 N–H and O–H groups in total. The summed E-state index contributed by atoms with van der Waals surface area (Å²) in [5, 5.41) is 9.81. The van der Waals surface area contributed by atoms with Crippen LogP contribution in [-0.2, 0) is 9.47 Å². The van der Waals surface area contributed by atoms with Crippen LogP contribution in [0.25, 0.3) is 0 Å². The largest absolute Gasteiger partial charge is 0.390 e. The highest BCUT2D eigenvalue weighted by Gasteiger charge is 2.56. The van der Waals surface area contributed by atoms with E-state index in [-0.39, 0.29) is 24.1 Å². The van der Waals surface area contributed by atoms with Crippen LogP contribution in [0.15, 0.2) is 0 Å². The molecule has 0 aromatic rings. The van der Waals surface area contributed by atoms with Crippen molar-refractivity contribution in [2.24, 2.45) is 5.92 Å². The molecule has 0 aromatic heterocycles. The summed E-state index contributed by atoms with van der Waals surface area (Å²) in [5.41, 5.74) is 0. The monoisotopic (exact) mass is 198 g/mol. The molecule has 0 radical (unpaired) electrons. The number of ether oxygens (including phenoxy) is 2. The zero-order chi connectivity index (χ0) is 9.76. The van der Waals surface area contributed by atoms with Gasteiger partial charge in [-0.1, -0.05) is 6.92 Å². The molecular weight excluding hydrogens is 180 g/mol. The van der Waals surface area contributed by atoms with Gasteiger partial charge in [-0.3, -0.25) is 0 Å². The third-order valence-corrected chi connectivity index (χ3v) is 3.94. The van der Waals surface area contributed by atoms with Crippen LogP contribution in [0.2, 0.25) is 0 Å². The normalized spacial score (nSPS) is 50.1. The zero-order valence-electron chi connectivity index (χ0n) is 8.61. The van der Waals surface area contributed by atoms with Crippen molar-refractivity contribution in [3.8, 4) is 0 Å². The SMILES string of the molecule is CC1C[C@H](O)[C@H]2OC3(CCCC3)O[C@@H]12. The van der Waals surface area contributed by atoms with Gasteiger partial charge in [-0.15, -0.1) is 0 Å². The van der Waals surface area contributed by atoms with E-state index in [0.29, 0.717) is 5.92 Å². The van der Waals surface area contributed by atoms with Crippen molar-refractivity contribution in [1.82, 2.24) is 0 Å². The lowest BCUT2D eigenvalue weighted by Crippen LogP contribution is -2.30. The van der Waals surface area contributed by atoms with Gasteiger partial charge in [0, 0.05) is 12.8 Å². The van der Waals surface area contributed by atoms with Gasteiger partial charge in [0.1, 0.15) is 6.10 Å². The summed E-state index contributed by atoms with van der Waals surface area (Å²) in [6, 6.07) is 0. The van der Waals surface area contributed by atoms with Crippen LogP contribution in [0.4, 0.5) is 0 Å². The molecule has 1 spiro atoms. The van der Waals surface area contributed by atoms with Gasteiger partial charge in [0.05, 0.1) is 12.2 Å². The minimum Gasteiger partial charge on any atom is -0.390 e. The highest BCUT2D eigenvalue weighted by atomic mass is 16.8. The second-order valence-electron chi connectivity index (χ2n) is 5.06. The summed E-state index contributed by atoms with van der Waals surface area (Å²) >= 11 is 0. The molecule has 14 heavy (non-hydrogen) atoms. The van der Waals surface area contributed by atoms with Gasteiger partial charge in [-0.25, -0.2) is 0 Å². The van der Waals surface area contributed by atoms with Crippen LogP contribution in [0.5, 0.6) is 0 Å². The maximum atomic E-state index is 9.81. The van der Waals surface area contributed by atoms with E-state index >= 15 is 0 Å². The molecule has 80 valence electrons. The first-order chi connectivity index (χ1) is 6.70. The lowest BCUT2D eigenvalue weighted by atomic mass is 10.1. The van der Waals surface area contributed by atoms with E-state index in [0.717, 1.165) is 19.3 Å². The first-order valence-electron chi connectivity index (χ1n) is 5.74. The van der Waals surface area contributed by atoms with Gasteiger partial charge < -0.3 is 14.6 Å². The number of fused-ring (bicyclic) bond motifs is 1. The van der Waals surface area contributed by atoms with E-state index in [1.807, 2.05) is 0 Å². The second kappa shape index (κ2) is 2.94. The van der Waals surface area contributed by atoms with Crippen LogP contribution >= 0.6 is 0 Å². The quantitative estimate of drug-likeness (QED) is 0.640. The van der Waals surface area contributed by atoms with E-state index in [1.54, 1.807) is 0 Å². The second-order valence-corrected chi connectivity index (χ2v) is 5.06. The Labute approximate surface area is 84.4 Å². The fraction of sp³-hybridized carbons (Fsp3) is 1.00. The summed E-state index contributed by atoms with van der Waals surface area (Å²) in [5.74, 6) is 0.125. The number of aliphatic hydroxyl groups is 1. The molecule has 3 fully saturated rings. The van der Waals surface area contributed by atoms with Crippen molar-refractivity contribution in [3.05, 3.63) is 0 Å². The van der Waals surface area contributed by atoms with Gasteiger partial charge >= 0.3 is 0 Å². The zero-order valence-corrected chi connectivity index (χ0v) is 8.61. The molecule has 2 aliphatic carbocycles. The highest BCUT2D eigenvalue weighted by Crippen LogP contribution is 2.48. The summed E-state index contributed by atoms with van der Waals surface area (Å²) in [4.78, 5) is 0. The van der Waals surface area contributed by atoms with Crippen molar-refractivity contribution in [2.45, 2.75) is 63.1 Å². The lowest BCUT2D eigenvalue weighted by Gasteiger charge is -2.24. The minimum atomic E-state index is -0.314. The molecule has 0 amide bonds. The van der Waals surface area contributed by atoms with E-state index in [9.17, 15) is 5.11 Å². The molecular formula is C11H18O3. The minimum absolute atomic E-state index is 0.0527. The maximum absolute atomic E-state index is 9.81. The summed E-state index contributed by atoms with van der Waals surface area (Å²) in [6.45, 7) is 2.14. The van der Waals surface area contributed by atoms with Gasteiger partial charge in [-0.05, 0) is 25.2 Å². The Balaban J connectivity index is 1.80. The maximum Gasteiger partial charge on any atom is 0.169 e. The van der Waals surface area contributed by atoms with Crippen molar-refractivity contribution >= 4 is 0 Å². The molecule has 4 atom stereocenters. The molecule has 3 aliphatic rings.